The number of hydrogen-bond donors (Lipinski definition) is 1. The number of methoxy groups -OCH3 is 1. The van der Waals surface area contributed by atoms with E-state index < -0.39 is 27.3 Å². The van der Waals surface area contributed by atoms with Crippen LogP contribution in [0.4, 0.5) is 5.69 Å². The molecule has 0 fully saturated rings. The summed E-state index contributed by atoms with van der Waals surface area (Å²) in [4.78, 5) is 24.2. The Labute approximate surface area is 204 Å². The molecule has 1 N–H and O–H groups in total. The zero-order valence-corrected chi connectivity index (χ0v) is 20.6. The number of hydrogen-bond acceptors (Lipinski definition) is 7. The van der Waals surface area contributed by atoms with Crippen molar-refractivity contribution in [3.8, 4) is 17.1 Å². The normalized spacial score (nSPS) is 13.5. The van der Waals surface area contributed by atoms with Crippen LogP contribution in [0.5, 0.6) is 5.75 Å². The molecule has 2 heterocycles. The van der Waals surface area contributed by atoms with Crippen LogP contribution < -0.4 is 10.1 Å². The monoisotopic (exact) mass is 496 g/mol. The van der Waals surface area contributed by atoms with Crippen molar-refractivity contribution in [1.29, 1.82) is 0 Å². The SMILES string of the molecule is COc1ccc(C(C)=O)cc1CS(=O)(=O)CC(=O)Nc1ccc(-c2nnc3n2CCCCC3)cc1. The number of nitrogens with zero attached hydrogens (tertiary/aromatic N) is 3. The first-order chi connectivity index (χ1) is 16.8. The van der Waals surface area contributed by atoms with E-state index in [2.05, 4.69) is 20.1 Å². The van der Waals surface area contributed by atoms with Gasteiger partial charge in [0.25, 0.3) is 0 Å². The molecule has 1 aromatic heterocycles. The number of carbonyl (C=O) groups is 2. The summed E-state index contributed by atoms with van der Waals surface area (Å²) >= 11 is 0. The van der Waals surface area contributed by atoms with Crippen molar-refractivity contribution < 1.29 is 22.7 Å². The molecule has 184 valence electrons. The van der Waals surface area contributed by atoms with Gasteiger partial charge in [-0.15, -0.1) is 10.2 Å². The van der Waals surface area contributed by atoms with Crippen molar-refractivity contribution in [2.75, 3.05) is 18.2 Å². The number of carbonyl (C=O) groups excluding carboxylic acids is 2. The molecule has 10 heteroatoms. The topological polar surface area (TPSA) is 120 Å². The minimum Gasteiger partial charge on any atom is -0.496 e. The van der Waals surface area contributed by atoms with Crippen molar-refractivity contribution in [3.05, 3.63) is 59.4 Å². The Bertz CT molecular complexity index is 1350. The summed E-state index contributed by atoms with van der Waals surface area (Å²) < 4.78 is 32.8. The van der Waals surface area contributed by atoms with Crippen LogP contribution >= 0.6 is 0 Å². The van der Waals surface area contributed by atoms with E-state index in [0.29, 0.717) is 22.6 Å². The number of aryl methyl sites for hydroxylation is 1. The lowest BCUT2D eigenvalue weighted by Crippen LogP contribution is -2.24. The number of nitrogens with one attached hydrogen (secondary N) is 1. The Balaban J connectivity index is 1.42. The highest BCUT2D eigenvalue weighted by atomic mass is 32.2. The number of ether oxygens (including phenoxy) is 1. The predicted molar refractivity (Wildman–Crippen MR) is 132 cm³/mol. The Kier molecular flexibility index (Phi) is 7.30. The van der Waals surface area contributed by atoms with Crippen LogP contribution in [0, 0.1) is 0 Å². The lowest BCUT2D eigenvalue weighted by Gasteiger charge is -2.11. The summed E-state index contributed by atoms with van der Waals surface area (Å²) in [5.41, 5.74) is 2.09. The van der Waals surface area contributed by atoms with Gasteiger partial charge in [-0.2, -0.15) is 0 Å². The number of benzene rings is 2. The number of aromatic nitrogens is 3. The average molecular weight is 497 g/mol. The maximum Gasteiger partial charge on any atom is 0.239 e. The highest BCUT2D eigenvalue weighted by molar-refractivity contribution is 7.91. The van der Waals surface area contributed by atoms with E-state index in [-0.39, 0.29) is 5.78 Å². The lowest BCUT2D eigenvalue weighted by atomic mass is 10.1. The standard InChI is InChI=1S/C25H28N4O5S/c1-17(30)19-9-12-22(34-2)20(14-19)15-35(32,33)16-24(31)26-21-10-7-18(8-11-21)25-28-27-23-6-4-3-5-13-29(23)25/h7-12,14H,3-6,13,15-16H2,1-2H3,(H,26,31). The maximum absolute atomic E-state index is 12.7. The number of rotatable bonds is 8. The molecule has 0 saturated heterocycles. The van der Waals surface area contributed by atoms with E-state index in [1.54, 1.807) is 24.3 Å². The number of Topliss-reactive ketones (excluding diaryl/α,β-unsaturated/α-hetero) is 1. The lowest BCUT2D eigenvalue weighted by molar-refractivity contribution is -0.113. The summed E-state index contributed by atoms with van der Waals surface area (Å²) in [7, 11) is -2.39. The molecular formula is C25H28N4O5S. The van der Waals surface area contributed by atoms with E-state index in [1.165, 1.54) is 26.5 Å². The van der Waals surface area contributed by atoms with Crippen molar-refractivity contribution >= 4 is 27.2 Å². The zero-order chi connectivity index (χ0) is 25.0. The van der Waals surface area contributed by atoms with Gasteiger partial charge in [-0.05, 0) is 62.2 Å². The fraction of sp³-hybridized carbons (Fsp3) is 0.360. The van der Waals surface area contributed by atoms with Crippen molar-refractivity contribution in [1.82, 2.24) is 14.8 Å². The summed E-state index contributed by atoms with van der Waals surface area (Å²) in [5.74, 6) is 0.197. The van der Waals surface area contributed by atoms with Crippen molar-refractivity contribution in [2.45, 2.75) is 44.9 Å². The minimum atomic E-state index is -3.81. The van der Waals surface area contributed by atoms with Gasteiger partial charge in [0.1, 0.15) is 17.3 Å². The Morgan fingerprint density at radius 1 is 1.06 bits per heavy atom. The van der Waals surface area contributed by atoms with Gasteiger partial charge in [0, 0.05) is 35.3 Å². The highest BCUT2D eigenvalue weighted by Gasteiger charge is 2.21. The molecule has 1 amide bonds. The van der Waals surface area contributed by atoms with Gasteiger partial charge < -0.3 is 14.6 Å². The number of anilines is 1. The first-order valence-electron chi connectivity index (χ1n) is 11.5. The fourth-order valence-corrected chi connectivity index (χ4v) is 5.47. The molecule has 2 aromatic carbocycles. The molecule has 1 aliphatic rings. The largest absolute Gasteiger partial charge is 0.496 e. The van der Waals surface area contributed by atoms with Crippen LogP contribution in [0.15, 0.2) is 42.5 Å². The Hall–Kier alpha value is -3.53. The van der Waals surface area contributed by atoms with E-state index in [0.717, 1.165) is 43.0 Å². The predicted octanol–water partition coefficient (Wildman–Crippen LogP) is 3.44. The van der Waals surface area contributed by atoms with Crippen molar-refractivity contribution in [3.63, 3.8) is 0 Å². The van der Waals surface area contributed by atoms with Crippen LogP contribution in [0.1, 0.15) is 47.9 Å². The Morgan fingerprint density at radius 3 is 2.54 bits per heavy atom. The van der Waals surface area contributed by atoms with E-state index in [4.69, 9.17) is 4.74 Å². The second kappa shape index (κ2) is 10.4. The molecule has 0 spiro atoms. The zero-order valence-electron chi connectivity index (χ0n) is 19.8. The summed E-state index contributed by atoms with van der Waals surface area (Å²) in [6.45, 7) is 2.28. The number of sulfone groups is 1. The molecule has 0 bridgehead atoms. The molecule has 0 aliphatic carbocycles. The van der Waals surface area contributed by atoms with Crippen LogP contribution in [0.2, 0.25) is 0 Å². The van der Waals surface area contributed by atoms with Gasteiger partial charge in [0.2, 0.25) is 5.91 Å². The smallest absolute Gasteiger partial charge is 0.239 e. The molecule has 0 saturated carbocycles. The second-order valence-corrected chi connectivity index (χ2v) is 10.7. The van der Waals surface area contributed by atoms with E-state index >= 15 is 0 Å². The molecule has 1 aliphatic heterocycles. The number of ketones is 1. The molecule has 9 nitrogen and oxygen atoms in total. The van der Waals surface area contributed by atoms with Gasteiger partial charge >= 0.3 is 0 Å². The second-order valence-electron chi connectivity index (χ2n) is 8.64. The van der Waals surface area contributed by atoms with Gasteiger partial charge in [0.15, 0.2) is 21.4 Å². The maximum atomic E-state index is 12.7. The van der Waals surface area contributed by atoms with Gasteiger partial charge in [-0.25, -0.2) is 8.42 Å². The fourth-order valence-electron chi connectivity index (χ4n) is 4.20. The molecule has 0 radical (unpaired) electrons. The van der Waals surface area contributed by atoms with E-state index in [9.17, 15) is 18.0 Å². The van der Waals surface area contributed by atoms with Crippen LogP contribution in [-0.4, -0.2) is 47.7 Å². The first-order valence-corrected chi connectivity index (χ1v) is 13.3. The van der Waals surface area contributed by atoms with Gasteiger partial charge in [0.05, 0.1) is 12.9 Å². The summed E-state index contributed by atoms with van der Waals surface area (Å²) in [6.07, 6.45) is 4.29. The molecular weight excluding hydrogens is 468 g/mol. The number of fused-ring (bicyclic) bond motifs is 1. The van der Waals surface area contributed by atoms with Crippen LogP contribution in [0.25, 0.3) is 11.4 Å². The molecule has 0 unspecified atom stereocenters. The molecule has 4 rings (SSSR count). The third-order valence-electron chi connectivity index (χ3n) is 5.95. The Morgan fingerprint density at radius 2 is 1.83 bits per heavy atom. The average Bonchev–Trinajstić information content (AvgIpc) is 3.06. The summed E-state index contributed by atoms with van der Waals surface area (Å²) in [6, 6.07) is 11.7. The molecule has 0 atom stereocenters. The summed E-state index contributed by atoms with van der Waals surface area (Å²) in [5, 5.41) is 11.3. The van der Waals surface area contributed by atoms with Crippen molar-refractivity contribution in [2.24, 2.45) is 0 Å². The van der Waals surface area contributed by atoms with Gasteiger partial charge in [-0.3, -0.25) is 9.59 Å². The minimum absolute atomic E-state index is 0.185. The highest BCUT2D eigenvalue weighted by Crippen LogP contribution is 2.25. The first kappa shape index (κ1) is 24.6. The molecule has 3 aromatic rings. The third kappa shape index (κ3) is 5.94. The van der Waals surface area contributed by atoms with Crippen LogP contribution in [-0.2, 0) is 33.4 Å². The third-order valence-corrected chi connectivity index (χ3v) is 7.40. The number of amides is 1. The van der Waals surface area contributed by atoms with Gasteiger partial charge in [-0.1, -0.05) is 6.42 Å². The van der Waals surface area contributed by atoms with E-state index in [1.807, 2.05) is 12.1 Å². The molecule has 35 heavy (non-hydrogen) atoms. The van der Waals surface area contributed by atoms with Crippen LogP contribution in [0.3, 0.4) is 0 Å². The quantitative estimate of drug-likeness (QED) is 0.474.